The molecule has 2 aromatic rings. The summed E-state index contributed by atoms with van der Waals surface area (Å²) in [6, 6.07) is 18.8. The highest BCUT2D eigenvalue weighted by atomic mass is 35.5. The number of rotatable bonds is 8. The smallest absolute Gasteiger partial charge is 0.146 e. The molecule has 4 nitrogen and oxygen atoms in total. The van der Waals surface area contributed by atoms with Gasteiger partial charge in [-0.25, -0.2) is 0 Å². The van der Waals surface area contributed by atoms with Crippen LogP contribution in [0.15, 0.2) is 54.6 Å². The number of nitrogens with zero attached hydrogens (tertiary/aromatic N) is 2. The average Bonchev–Trinajstić information content (AvgIpc) is 2.88. The number of para-hydroxylation sites is 2. The van der Waals surface area contributed by atoms with Crippen molar-refractivity contribution in [3.8, 4) is 5.75 Å². The molecule has 6 heteroatoms. The highest BCUT2D eigenvalue weighted by Gasteiger charge is 2.39. The van der Waals surface area contributed by atoms with Crippen LogP contribution in [-0.2, 0) is 10.2 Å². The van der Waals surface area contributed by atoms with E-state index in [-0.39, 0.29) is 30.7 Å². The molecule has 0 unspecified atom stereocenters. The first-order valence-electron chi connectivity index (χ1n) is 12.3. The molecule has 4 rings (SSSR count). The number of anilines is 1. The van der Waals surface area contributed by atoms with Gasteiger partial charge in [0.25, 0.3) is 0 Å². The number of hydrogen-bond donors (Lipinski definition) is 0. The van der Waals surface area contributed by atoms with E-state index in [2.05, 4.69) is 53.1 Å². The summed E-state index contributed by atoms with van der Waals surface area (Å²) in [6.45, 7) is 7.16. The van der Waals surface area contributed by atoms with Crippen molar-refractivity contribution in [1.29, 1.82) is 0 Å². The number of methoxy groups -OCH3 is 1. The third kappa shape index (κ3) is 6.47. The summed E-state index contributed by atoms with van der Waals surface area (Å²) in [6.07, 6.45) is 6.71. The fourth-order valence-corrected chi connectivity index (χ4v) is 5.52. The predicted molar refractivity (Wildman–Crippen MR) is 146 cm³/mol. The number of hydrogen-bond acceptors (Lipinski definition) is 4. The van der Waals surface area contributed by atoms with Gasteiger partial charge in [-0.05, 0) is 50.4 Å². The van der Waals surface area contributed by atoms with Crippen LogP contribution in [0.25, 0.3) is 0 Å². The number of ketones is 1. The largest absolute Gasteiger partial charge is 0.495 e. The van der Waals surface area contributed by atoms with Gasteiger partial charge in [0, 0.05) is 32.1 Å². The molecule has 2 aromatic carbocycles. The fourth-order valence-electron chi connectivity index (χ4n) is 5.52. The number of piperazine rings is 1. The number of Topliss-reactive ketones (excluding diaryl/α,β-unsaturated/α-hetero) is 1. The van der Waals surface area contributed by atoms with Gasteiger partial charge in [-0.3, -0.25) is 9.69 Å². The van der Waals surface area contributed by atoms with E-state index in [4.69, 9.17) is 4.74 Å². The predicted octanol–water partition coefficient (Wildman–Crippen LogP) is 6.16. The SMILES string of the molecule is COc1ccccc1N1CCN(CC[C@](C)(C(=O)C2CCCCC2)c2ccccc2)CC1.Cl.Cl. The van der Waals surface area contributed by atoms with Gasteiger partial charge in [-0.1, -0.05) is 61.7 Å². The van der Waals surface area contributed by atoms with E-state index in [9.17, 15) is 4.79 Å². The number of carbonyl (C=O) groups excluding carboxylic acids is 1. The first-order valence-corrected chi connectivity index (χ1v) is 12.3. The fraction of sp³-hybridized carbons (Fsp3) is 0.536. The van der Waals surface area contributed by atoms with Crippen LogP contribution in [0.3, 0.4) is 0 Å². The van der Waals surface area contributed by atoms with Crippen molar-refractivity contribution in [3.05, 3.63) is 60.2 Å². The third-order valence-electron chi connectivity index (χ3n) is 7.66. The van der Waals surface area contributed by atoms with Crippen molar-refractivity contribution in [2.24, 2.45) is 5.92 Å². The monoisotopic (exact) mass is 506 g/mol. The molecule has 1 saturated heterocycles. The second-order valence-corrected chi connectivity index (χ2v) is 9.65. The van der Waals surface area contributed by atoms with Gasteiger partial charge in [-0.2, -0.15) is 0 Å². The normalized spacial score (nSPS) is 18.8. The second-order valence-electron chi connectivity index (χ2n) is 9.65. The number of carbonyl (C=O) groups is 1. The molecule has 0 N–H and O–H groups in total. The lowest BCUT2D eigenvalue weighted by Crippen LogP contribution is -2.48. The quantitative estimate of drug-likeness (QED) is 0.429. The van der Waals surface area contributed by atoms with Crippen molar-refractivity contribution in [3.63, 3.8) is 0 Å². The van der Waals surface area contributed by atoms with Crippen LogP contribution in [0.2, 0.25) is 0 Å². The van der Waals surface area contributed by atoms with Crippen molar-refractivity contribution in [1.82, 2.24) is 4.90 Å². The molecule has 2 fully saturated rings. The van der Waals surface area contributed by atoms with E-state index in [0.717, 1.165) is 57.7 Å². The molecule has 0 amide bonds. The van der Waals surface area contributed by atoms with Gasteiger partial charge in [0.15, 0.2) is 0 Å². The van der Waals surface area contributed by atoms with Crippen LogP contribution in [0.5, 0.6) is 5.75 Å². The Kier molecular flexibility index (Phi) is 11.2. The Morgan fingerprint density at radius 1 is 0.912 bits per heavy atom. The minimum absolute atomic E-state index is 0. The summed E-state index contributed by atoms with van der Waals surface area (Å²) >= 11 is 0. The molecule has 0 aromatic heterocycles. The Morgan fingerprint density at radius 2 is 1.53 bits per heavy atom. The zero-order valence-electron chi connectivity index (χ0n) is 20.6. The van der Waals surface area contributed by atoms with Gasteiger partial charge >= 0.3 is 0 Å². The van der Waals surface area contributed by atoms with Gasteiger partial charge < -0.3 is 9.64 Å². The Balaban J connectivity index is 0.00000204. The highest BCUT2D eigenvalue weighted by Crippen LogP contribution is 2.37. The lowest BCUT2D eigenvalue weighted by atomic mass is 9.69. The van der Waals surface area contributed by atoms with Crippen LogP contribution in [0, 0.1) is 5.92 Å². The van der Waals surface area contributed by atoms with Gasteiger partial charge in [0.05, 0.1) is 18.2 Å². The number of halogens is 2. The standard InChI is InChI=1S/C28H38N2O2.2ClH/c1-28(24-13-7-4-8-14-24,27(31)23-11-5-3-6-12-23)17-18-29-19-21-30(22-20-29)25-15-9-10-16-26(25)32-2;;/h4,7-10,13-16,23H,3,5-6,11-12,17-22H2,1-2H3;2*1H/t28-;;/m0../s1. The Bertz CT molecular complexity index is 881. The minimum Gasteiger partial charge on any atom is -0.495 e. The summed E-state index contributed by atoms with van der Waals surface area (Å²) in [7, 11) is 1.74. The lowest BCUT2D eigenvalue weighted by molar-refractivity contribution is -0.129. The van der Waals surface area contributed by atoms with Gasteiger partial charge in [0.1, 0.15) is 11.5 Å². The van der Waals surface area contributed by atoms with Crippen LogP contribution in [0.4, 0.5) is 5.69 Å². The molecule has 0 spiro atoms. The lowest BCUT2D eigenvalue weighted by Gasteiger charge is -2.39. The Morgan fingerprint density at radius 3 is 2.18 bits per heavy atom. The van der Waals surface area contributed by atoms with Gasteiger partial charge in [0.2, 0.25) is 0 Å². The van der Waals surface area contributed by atoms with Crippen molar-refractivity contribution < 1.29 is 9.53 Å². The summed E-state index contributed by atoms with van der Waals surface area (Å²) in [5.41, 5.74) is 1.96. The van der Waals surface area contributed by atoms with Crippen LogP contribution < -0.4 is 9.64 Å². The molecule has 34 heavy (non-hydrogen) atoms. The maximum absolute atomic E-state index is 13.8. The van der Waals surface area contributed by atoms with E-state index < -0.39 is 5.41 Å². The molecule has 1 saturated carbocycles. The summed E-state index contributed by atoms with van der Waals surface area (Å²) in [5.74, 6) is 1.64. The van der Waals surface area contributed by atoms with E-state index >= 15 is 0 Å². The van der Waals surface area contributed by atoms with Crippen molar-refractivity contribution >= 4 is 36.3 Å². The Labute approximate surface area is 217 Å². The maximum atomic E-state index is 13.8. The highest BCUT2D eigenvalue weighted by molar-refractivity contribution is 5.91. The second kappa shape index (κ2) is 13.4. The van der Waals surface area contributed by atoms with Crippen LogP contribution in [-0.4, -0.2) is 50.5 Å². The molecule has 188 valence electrons. The minimum atomic E-state index is -0.400. The molecule has 1 heterocycles. The van der Waals surface area contributed by atoms with E-state index in [1.54, 1.807) is 7.11 Å². The summed E-state index contributed by atoms with van der Waals surface area (Å²) < 4.78 is 5.56. The maximum Gasteiger partial charge on any atom is 0.146 e. The molecule has 1 atom stereocenters. The van der Waals surface area contributed by atoms with Crippen molar-refractivity contribution in [2.45, 2.75) is 50.9 Å². The third-order valence-corrected chi connectivity index (χ3v) is 7.66. The first kappa shape index (κ1) is 28.5. The van der Waals surface area contributed by atoms with Crippen molar-refractivity contribution in [2.75, 3.05) is 44.7 Å². The van der Waals surface area contributed by atoms with E-state index in [0.29, 0.717) is 5.78 Å². The van der Waals surface area contributed by atoms with Crippen LogP contribution >= 0.6 is 24.8 Å². The molecule has 0 bridgehead atoms. The molecule has 1 aliphatic carbocycles. The first-order chi connectivity index (χ1) is 15.6. The van der Waals surface area contributed by atoms with Crippen LogP contribution in [0.1, 0.15) is 51.0 Å². The number of benzene rings is 2. The Hall–Kier alpha value is -1.75. The summed E-state index contributed by atoms with van der Waals surface area (Å²) in [5, 5.41) is 0. The van der Waals surface area contributed by atoms with E-state index in [1.807, 2.05) is 18.2 Å². The van der Waals surface area contributed by atoms with Gasteiger partial charge in [-0.15, -0.1) is 24.8 Å². The average molecular weight is 508 g/mol. The zero-order valence-corrected chi connectivity index (χ0v) is 22.2. The molecule has 2 aliphatic rings. The molecule has 0 radical (unpaired) electrons. The van der Waals surface area contributed by atoms with E-state index in [1.165, 1.54) is 30.5 Å². The summed E-state index contributed by atoms with van der Waals surface area (Å²) in [4.78, 5) is 18.7. The zero-order chi connectivity index (χ0) is 22.4. The number of ether oxygens (including phenoxy) is 1. The molecular weight excluding hydrogens is 467 g/mol. The topological polar surface area (TPSA) is 32.8 Å². The molecule has 1 aliphatic heterocycles. The molecular formula is C28H40Cl2N2O2.